The van der Waals surface area contributed by atoms with Gasteiger partial charge in [-0.1, -0.05) is 6.07 Å². The largest absolute Gasteiger partial charge is 0.478 e. The summed E-state index contributed by atoms with van der Waals surface area (Å²) in [6.45, 7) is 1.88. The van der Waals surface area contributed by atoms with Crippen LogP contribution in [0.5, 0.6) is 0 Å². The summed E-state index contributed by atoms with van der Waals surface area (Å²) in [5.41, 5.74) is 9.27. The van der Waals surface area contributed by atoms with E-state index in [1.54, 1.807) is 6.07 Å². The molecule has 1 aromatic heterocycles. The predicted molar refractivity (Wildman–Crippen MR) is 124 cm³/mol. The van der Waals surface area contributed by atoms with Crippen LogP contribution < -0.4 is 11.1 Å². The van der Waals surface area contributed by atoms with Crippen molar-refractivity contribution >= 4 is 17.6 Å². The highest BCUT2D eigenvalue weighted by atomic mass is 19.1. The standard InChI is InChI=1S/C25H27FN4O3/c26-22-14-17(24(31)32)5-7-21(22)23-9-11-28-25(30-23)29-19-6-8-20(16-3-4-16)18(13-19)15-33-12-2-1-10-27/h5-9,11,13-14,16H,1-4,10,12,15,27H2,(H,31,32)(H,28,29,30). The van der Waals surface area contributed by atoms with Crippen molar-refractivity contribution in [2.45, 2.75) is 38.2 Å². The molecule has 1 heterocycles. The molecule has 4 N–H and O–H groups in total. The molecule has 0 amide bonds. The molecule has 33 heavy (non-hydrogen) atoms. The van der Waals surface area contributed by atoms with Crippen molar-refractivity contribution in [2.75, 3.05) is 18.5 Å². The monoisotopic (exact) mass is 450 g/mol. The lowest BCUT2D eigenvalue weighted by Crippen LogP contribution is -2.04. The minimum Gasteiger partial charge on any atom is -0.478 e. The van der Waals surface area contributed by atoms with Crippen LogP contribution in [-0.4, -0.2) is 34.2 Å². The van der Waals surface area contributed by atoms with E-state index in [4.69, 9.17) is 15.6 Å². The van der Waals surface area contributed by atoms with Gasteiger partial charge in [0.15, 0.2) is 0 Å². The number of carboxylic acids is 1. The lowest BCUT2D eigenvalue weighted by Gasteiger charge is -2.13. The van der Waals surface area contributed by atoms with Crippen molar-refractivity contribution in [1.29, 1.82) is 0 Å². The molecular weight excluding hydrogens is 423 g/mol. The third kappa shape index (κ3) is 5.91. The molecule has 4 rings (SSSR count). The highest BCUT2D eigenvalue weighted by Gasteiger charge is 2.26. The number of hydrogen-bond acceptors (Lipinski definition) is 6. The molecule has 8 heteroatoms. The first-order chi connectivity index (χ1) is 16.0. The van der Waals surface area contributed by atoms with Gasteiger partial charge in [-0.2, -0.15) is 0 Å². The number of anilines is 2. The molecule has 0 bridgehead atoms. The highest BCUT2D eigenvalue weighted by molar-refractivity contribution is 5.88. The van der Waals surface area contributed by atoms with Gasteiger partial charge < -0.3 is 20.9 Å². The van der Waals surface area contributed by atoms with Gasteiger partial charge >= 0.3 is 5.97 Å². The number of unbranched alkanes of at least 4 members (excludes halogenated alkanes) is 1. The molecule has 3 aromatic rings. The van der Waals surface area contributed by atoms with Gasteiger partial charge in [-0.15, -0.1) is 0 Å². The Morgan fingerprint density at radius 2 is 2.03 bits per heavy atom. The number of hydrogen-bond donors (Lipinski definition) is 3. The fraction of sp³-hybridized carbons (Fsp3) is 0.320. The molecule has 1 aliphatic carbocycles. The minimum atomic E-state index is -1.18. The zero-order chi connectivity index (χ0) is 23.2. The van der Waals surface area contributed by atoms with E-state index in [9.17, 15) is 9.18 Å². The fourth-order valence-corrected chi connectivity index (χ4v) is 3.69. The van der Waals surface area contributed by atoms with Crippen LogP contribution in [0.15, 0.2) is 48.7 Å². The summed E-state index contributed by atoms with van der Waals surface area (Å²) in [5.74, 6) is -0.914. The zero-order valence-corrected chi connectivity index (χ0v) is 18.3. The minimum absolute atomic E-state index is 0.114. The summed E-state index contributed by atoms with van der Waals surface area (Å²) in [6, 6.07) is 11.5. The van der Waals surface area contributed by atoms with E-state index < -0.39 is 11.8 Å². The van der Waals surface area contributed by atoms with E-state index in [0.717, 1.165) is 30.2 Å². The van der Waals surface area contributed by atoms with Crippen molar-refractivity contribution in [3.05, 3.63) is 71.2 Å². The number of ether oxygens (including phenoxy) is 1. The number of carboxylic acid groups (broad SMARTS) is 1. The van der Waals surface area contributed by atoms with Crippen LogP contribution in [0.1, 0.15) is 53.1 Å². The van der Waals surface area contributed by atoms with Gasteiger partial charge in [-0.25, -0.2) is 19.2 Å². The third-order valence-electron chi connectivity index (χ3n) is 5.56. The quantitative estimate of drug-likeness (QED) is 0.358. The van der Waals surface area contributed by atoms with Crippen molar-refractivity contribution in [3.8, 4) is 11.3 Å². The highest BCUT2D eigenvalue weighted by Crippen LogP contribution is 2.42. The van der Waals surface area contributed by atoms with E-state index >= 15 is 0 Å². The van der Waals surface area contributed by atoms with Crippen LogP contribution >= 0.6 is 0 Å². The van der Waals surface area contributed by atoms with Crippen molar-refractivity contribution in [3.63, 3.8) is 0 Å². The molecule has 0 unspecified atom stereocenters. The van der Waals surface area contributed by atoms with Gasteiger partial charge in [0, 0.05) is 24.1 Å². The van der Waals surface area contributed by atoms with Crippen LogP contribution in [-0.2, 0) is 11.3 Å². The Labute approximate surface area is 191 Å². The molecule has 7 nitrogen and oxygen atoms in total. The first kappa shape index (κ1) is 22.8. The average molecular weight is 451 g/mol. The fourth-order valence-electron chi connectivity index (χ4n) is 3.69. The number of aromatic nitrogens is 2. The summed E-state index contributed by atoms with van der Waals surface area (Å²) in [5, 5.41) is 12.2. The second-order valence-electron chi connectivity index (χ2n) is 8.13. The van der Waals surface area contributed by atoms with Gasteiger partial charge in [0.1, 0.15) is 5.82 Å². The number of carbonyl (C=O) groups is 1. The maximum atomic E-state index is 14.5. The van der Waals surface area contributed by atoms with E-state index in [1.165, 1.54) is 36.7 Å². The Morgan fingerprint density at radius 3 is 2.76 bits per heavy atom. The van der Waals surface area contributed by atoms with E-state index in [2.05, 4.69) is 27.4 Å². The lowest BCUT2D eigenvalue weighted by atomic mass is 10.0. The Morgan fingerprint density at radius 1 is 1.18 bits per heavy atom. The zero-order valence-electron chi connectivity index (χ0n) is 18.3. The SMILES string of the molecule is NCCCCOCc1cc(Nc2nccc(-c3ccc(C(=O)O)cc3F)n2)ccc1C1CC1. The molecule has 1 fully saturated rings. The summed E-state index contributed by atoms with van der Waals surface area (Å²) in [4.78, 5) is 19.7. The van der Waals surface area contributed by atoms with Gasteiger partial charge in [0.05, 0.1) is 17.9 Å². The van der Waals surface area contributed by atoms with Crippen LogP contribution in [0.2, 0.25) is 0 Å². The second-order valence-corrected chi connectivity index (χ2v) is 8.13. The summed E-state index contributed by atoms with van der Waals surface area (Å²) in [6.07, 6.45) is 5.83. The number of halogens is 1. The summed E-state index contributed by atoms with van der Waals surface area (Å²) >= 11 is 0. The first-order valence-electron chi connectivity index (χ1n) is 11.1. The summed E-state index contributed by atoms with van der Waals surface area (Å²) in [7, 11) is 0. The smallest absolute Gasteiger partial charge is 0.335 e. The molecule has 1 saturated carbocycles. The first-order valence-corrected chi connectivity index (χ1v) is 11.1. The van der Waals surface area contributed by atoms with Crippen molar-refractivity contribution in [1.82, 2.24) is 9.97 Å². The average Bonchev–Trinajstić information content (AvgIpc) is 3.64. The summed E-state index contributed by atoms with van der Waals surface area (Å²) < 4.78 is 20.3. The van der Waals surface area contributed by atoms with Gasteiger partial charge in [0.25, 0.3) is 0 Å². The molecular formula is C25H27FN4O3. The molecule has 0 radical (unpaired) electrons. The van der Waals surface area contributed by atoms with Crippen molar-refractivity contribution in [2.24, 2.45) is 5.73 Å². The van der Waals surface area contributed by atoms with E-state index in [0.29, 0.717) is 37.3 Å². The third-order valence-corrected chi connectivity index (χ3v) is 5.56. The molecule has 0 aliphatic heterocycles. The van der Waals surface area contributed by atoms with Crippen LogP contribution in [0.3, 0.4) is 0 Å². The predicted octanol–water partition coefficient (Wildman–Crippen LogP) is 4.86. The number of nitrogens with zero attached hydrogens (tertiary/aromatic N) is 2. The number of nitrogens with two attached hydrogens (primary N) is 1. The molecule has 0 saturated heterocycles. The molecule has 1 aliphatic rings. The maximum Gasteiger partial charge on any atom is 0.335 e. The van der Waals surface area contributed by atoms with Crippen molar-refractivity contribution < 1.29 is 19.0 Å². The van der Waals surface area contributed by atoms with Crippen LogP contribution in [0, 0.1) is 5.82 Å². The van der Waals surface area contributed by atoms with Crippen LogP contribution in [0.4, 0.5) is 16.0 Å². The molecule has 0 spiro atoms. The van der Waals surface area contributed by atoms with E-state index in [1.807, 2.05) is 6.07 Å². The second kappa shape index (κ2) is 10.5. The Balaban J connectivity index is 1.51. The topological polar surface area (TPSA) is 110 Å². The Kier molecular flexibility index (Phi) is 7.26. The van der Waals surface area contributed by atoms with Gasteiger partial charge in [0.2, 0.25) is 5.95 Å². The van der Waals surface area contributed by atoms with E-state index in [-0.39, 0.29) is 11.1 Å². The number of aromatic carboxylic acids is 1. The normalized spacial score (nSPS) is 13.2. The Hall–Kier alpha value is -3.36. The molecule has 2 aromatic carbocycles. The molecule has 0 atom stereocenters. The maximum absolute atomic E-state index is 14.5. The lowest BCUT2D eigenvalue weighted by molar-refractivity contribution is 0.0696. The van der Waals surface area contributed by atoms with Crippen LogP contribution in [0.25, 0.3) is 11.3 Å². The number of benzene rings is 2. The molecule has 172 valence electrons. The van der Waals surface area contributed by atoms with Gasteiger partial charge in [-0.05, 0) is 85.7 Å². The number of rotatable bonds is 11. The Bertz CT molecular complexity index is 1130. The van der Waals surface area contributed by atoms with Gasteiger partial charge in [-0.3, -0.25) is 0 Å². The number of nitrogens with one attached hydrogen (secondary N) is 1.